The number of likely N-dealkylation sites (tertiary alicyclic amines) is 1. The molecule has 2 heterocycles. The number of carbonyl (C=O) groups excluding carboxylic acids is 1. The number of aromatic nitrogens is 2. The van der Waals surface area contributed by atoms with Gasteiger partial charge in [-0.2, -0.15) is 0 Å². The van der Waals surface area contributed by atoms with Crippen LogP contribution in [0.15, 0.2) is 18.7 Å². The van der Waals surface area contributed by atoms with E-state index in [0.717, 1.165) is 38.8 Å². The molecule has 1 saturated heterocycles. The zero-order chi connectivity index (χ0) is 10.5. The van der Waals surface area contributed by atoms with Crippen molar-refractivity contribution in [3.05, 3.63) is 18.7 Å². The van der Waals surface area contributed by atoms with Crippen LogP contribution in [0.1, 0.15) is 25.3 Å². The minimum Gasteiger partial charge on any atom is -0.334 e. The van der Waals surface area contributed by atoms with Gasteiger partial charge in [0.1, 0.15) is 6.29 Å². The molecule has 1 aliphatic heterocycles. The Balaban J connectivity index is 1.79. The van der Waals surface area contributed by atoms with Crippen LogP contribution in [0.5, 0.6) is 0 Å². The van der Waals surface area contributed by atoms with Crippen LogP contribution in [0.4, 0.5) is 0 Å². The number of hydrogen-bond acceptors (Lipinski definition) is 3. The molecule has 2 rings (SSSR count). The van der Waals surface area contributed by atoms with Crippen LogP contribution in [0.25, 0.3) is 0 Å². The summed E-state index contributed by atoms with van der Waals surface area (Å²) in [4.78, 5) is 16.7. The summed E-state index contributed by atoms with van der Waals surface area (Å²) in [5.41, 5.74) is 0. The fourth-order valence-corrected chi connectivity index (χ4v) is 2.16. The normalized spacial score (nSPS) is 19.2. The van der Waals surface area contributed by atoms with Crippen molar-refractivity contribution in [2.75, 3.05) is 19.6 Å². The Morgan fingerprint density at radius 2 is 2.20 bits per heavy atom. The van der Waals surface area contributed by atoms with E-state index in [9.17, 15) is 4.79 Å². The molecule has 4 heteroatoms. The zero-order valence-corrected chi connectivity index (χ0v) is 8.88. The minimum atomic E-state index is 0.597. The number of rotatable bonds is 4. The Bertz CT molecular complexity index is 289. The predicted molar refractivity (Wildman–Crippen MR) is 57.6 cm³/mol. The van der Waals surface area contributed by atoms with Gasteiger partial charge in [0.2, 0.25) is 0 Å². The van der Waals surface area contributed by atoms with Crippen LogP contribution < -0.4 is 0 Å². The van der Waals surface area contributed by atoms with Crippen molar-refractivity contribution in [1.29, 1.82) is 0 Å². The lowest BCUT2D eigenvalue weighted by Crippen LogP contribution is -2.35. The van der Waals surface area contributed by atoms with Gasteiger partial charge in [-0.05, 0) is 12.8 Å². The fraction of sp³-hybridized carbons (Fsp3) is 0.636. The maximum atomic E-state index is 10.3. The molecule has 0 radical (unpaired) electrons. The lowest BCUT2D eigenvalue weighted by Gasteiger charge is -2.32. The third-order valence-corrected chi connectivity index (χ3v) is 3.07. The summed E-state index contributed by atoms with van der Waals surface area (Å²) in [6.45, 7) is 3.10. The van der Waals surface area contributed by atoms with Crippen molar-refractivity contribution in [2.45, 2.75) is 25.3 Å². The van der Waals surface area contributed by atoms with Gasteiger partial charge in [-0.1, -0.05) is 0 Å². The van der Waals surface area contributed by atoms with Gasteiger partial charge in [-0.15, -0.1) is 0 Å². The number of carbonyl (C=O) groups is 1. The molecule has 0 saturated carbocycles. The van der Waals surface area contributed by atoms with E-state index in [1.165, 1.54) is 0 Å². The molecule has 1 fully saturated rings. The maximum absolute atomic E-state index is 10.3. The number of hydrogen-bond donors (Lipinski definition) is 0. The average molecular weight is 207 g/mol. The summed E-state index contributed by atoms with van der Waals surface area (Å²) in [5.74, 6) is 0. The van der Waals surface area contributed by atoms with E-state index in [1.807, 2.05) is 18.7 Å². The Morgan fingerprint density at radius 3 is 2.80 bits per heavy atom. The number of imidazole rings is 1. The monoisotopic (exact) mass is 207 g/mol. The molecule has 0 atom stereocenters. The first-order valence-electron chi connectivity index (χ1n) is 5.53. The van der Waals surface area contributed by atoms with Crippen LogP contribution in [-0.4, -0.2) is 40.4 Å². The first kappa shape index (κ1) is 10.4. The predicted octanol–water partition coefficient (Wildman–Crippen LogP) is 1.11. The van der Waals surface area contributed by atoms with Gasteiger partial charge in [0, 0.05) is 44.5 Å². The van der Waals surface area contributed by atoms with E-state index in [4.69, 9.17) is 0 Å². The van der Waals surface area contributed by atoms with Gasteiger partial charge in [-0.3, -0.25) is 0 Å². The zero-order valence-electron chi connectivity index (χ0n) is 8.88. The lowest BCUT2D eigenvalue weighted by molar-refractivity contribution is -0.108. The third-order valence-electron chi connectivity index (χ3n) is 3.07. The van der Waals surface area contributed by atoms with Gasteiger partial charge < -0.3 is 14.3 Å². The molecule has 15 heavy (non-hydrogen) atoms. The minimum absolute atomic E-state index is 0.597. The second-order valence-corrected chi connectivity index (χ2v) is 4.04. The van der Waals surface area contributed by atoms with E-state index in [-0.39, 0.29) is 0 Å². The van der Waals surface area contributed by atoms with Crippen LogP contribution in [0.3, 0.4) is 0 Å². The molecule has 0 amide bonds. The second-order valence-electron chi connectivity index (χ2n) is 4.04. The molecular weight excluding hydrogens is 190 g/mol. The standard InChI is InChI=1S/C11H17N3O/c15-9-1-5-13-6-2-11(3-7-13)14-8-4-12-10-14/h4,8-11H,1-3,5-7H2. The van der Waals surface area contributed by atoms with Crippen molar-refractivity contribution in [1.82, 2.24) is 14.5 Å². The van der Waals surface area contributed by atoms with Crippen LogP contribution >= 0.6 is 0 Å². The van der Waals surface area contributed by atoms with Gasteiger partial charge in [0.25, 0.3) is 0 Å². The molecular formula is C11H17N3O. The van der Waals surface area contributed by atoms with E-state index in [2.05, 4.69) is 14.5 Å². The molecule has 0 aromatic carbocycles. The highest BCUT2D eigenvalue weighted by Gasteiger charge is 2.19. The summed E-state index contributed by atoms with van der Waals surface area (Å²) >= 11 is 0. The van der Waals surface area contributed by atoms with E-state index in [0.29, 0.717) is 12.5 Å². The summed E-state index contributed by atoms with van der Waals surface area (Å²) in [6.07, 6.45) is 9.75. The molecule has 0 unspecified atom stereocenters. The van der Waals surface area contributed by atoms with Gasteiger partial charge in [-0.25, -0.2) is 4.98 Å². The Morgan fingerprint density at radius 1 is 1.40 bits per heavy atom. The highest BCUT2D eigenvalue weighted by atomic mass is 16.1. The molecule has 4 nitrogen and oxygen atoms in total. The quantitative estimate of drug-likeness (QED) is 0.694. The molecule has 82 valence electrons. The SMILES string of the molecule is O=CCCN1CCC(n2ccnc2)CC1. The number of nitrogens with zero attached hydrogens (tertiary/aromatic N) is 3. The molecule has 0 N–H and O–H groups in total. The first-order chi connectivity index (χ1) is 7.40. The summed E-state index contributed by atoms with van der Waals surface area (Å²) in [5, 5.41) is 0. The average Bonchev–Trinajstić information content (AvgIpc) is 2.80. The first-order valence-corrected chi connectivity index (χ1v) is 5.53. The molecule has 0 bridgehead atoms. The van der Waals surface area contributed by atoms with E-state index >= 15 is 0 Å². The molecule has 1 aromatic heterocycles. The number of aldehydes is 1. The van der Waals surface area contributed by atoms with Crippen molar-refractivity contribution in [3.63, 3.8) is 0 Å². The highest BCUT2D eigenvalue weighted by molar-refractivity contribution is 5.49. The fourth-order valence-electron chi connectivity index (χ4n) is 2.16. The third kappa shape index (κ3) is 2.65. The van der Waals surface area contributed by atoms with Crippen molar-refractivity contribution < 1.29 is 4.79 Å². The summed E-state index contributed by atoms with van der Waals surface area (Å²) in [6, 6.07) is 0.597. The molecule has 1 aliphatic rings. The van der Waals surface area contributed by atoms with E-state index < -0.39 is 0 Å². The Hall–Kier alpha value is -1.16. The highest BCUT2D eigenvalue weighted by Crippen LogP contribution is 2.21. The molecule has 1 aromatic rings. The van der Waals surface area contributed by atoms with E-state index in [1.54, 1.807) is 0 Å². The number of piperidine rings is 1. The van der Waals surface area contributed by atoms with Crippen LogP contribution in [0, 0.1) is 0 Å². The largest absolute Gasteiger partial charge is 0.334 e. The van der Waals surface area contributed by atoms with Crippen LogP contribution in [0.2, 0.25) is 0 Å². The summed E-state index contributed by atoms with van der Waals surface area (Å²) < 4.78 is 2.19. The molecule has 0 spiro atoms. The van der Waals surface area contributed by atoms with Gasteiger partial charge in [0.15, 0.2) is 0 Å². The van der Waals surface area contributed by atoms with Crippen LogP contribution in [-0.2, 0) is 4.79 Å². The van der Waals surface area contributed by atoms with Crippen molar-refractivity contribution in [2.24, 2.45) is 0 Å². The Labute approximate surface area is 89.9 Å². The lowest BCUT2D eigenvalue weighted by atomic mass is 10.0. The Kier molecular flexibility index (Phi) is 3.50. The van der Waals surface area contributed by atoms with Crippen molar-refractivity contribution in [3.8, 4) is 0 Å². The molecule has 0 aliphatic carbocycles. The second kappa shape index (κ2) is 5.07. The maximum Gasteiger partial charge on any atom is 0.121 e. The van der Waals surface area contributed by atoms with Crippen molar-refractivity contribution >= 4 is 6.29 Å². The van der Waals surface area contributed by atoms with Gasteiger partial charge >= 0.3 is 0 Å². The topological polar surface area (TPSA) is 38.1 Å². The smallest absolute Gasteiger partial charge is 0.121 e. The van der Waals surface area contributed by atoms with Gasteiger partial charge in [0.05, 0.1) is 6.33 Å². The summed E-state index contributed by atoms with van der Waals surface area (Å²) in [7, 11) is 0.